The van der Waals surface area contributed by atoms with Gasteiger partial charge in [0.25, 0.3) is 0 Å². The Kier molecular flexibility index (Phi) is 8.79. The largest absolute Gasteiger partial charge is 0.382 e. The van der Waals surface area contributed by atoms with E-state index in [4.69, 9.17) is 9.47 Å². The lowest BCUT2D eigenvalue weighted by atomic mass is 10.2. The Morgan fingerprint density at radius 2 is 2.16 bits per heavy atom. The second-order valence-electron chi connectivity index (χ2n) is 4.93. The molecule has 0 bridgehead atoms. The molecule has 0 aromatic rings. The average molecular weight is 272 g/mol. The van der Waals surface area contributed by atoms with Gasteiger partial charge in [0.05, 0.1) is 19.3 Å². The summed E-state index contributed by atoms with van der Waals surface area (Å²) >= 11 is 0. The third-order valence-corrected chi connectivity index (χ3v) is 3.34. The summed E-state index contributed by atoms with van der Waals surface area (Å²) in [6, 6.07) is 0.0536. The minimum atomic E-state index is 0.0536. The van der Waals surface area contributed by atoms with Crippen LogP contribution in [0.5, 0.6) is 0 Å². The molecule has 1 rings (SSSR count). The fraction of sp³-hybridized carbons (Fsp3) is 0.929. The molecule has 1 atom stereocenters. The van der Waals surface area contributed by atoms with Crippen molar-refractivity contribution < 1.29 is 14.3 Å². The van der Waals surface area contributed by atoms with Crippen molar-refractivity contribution in [2.75, 3.05) is 46.6 Å². The minimum Gasteiger partial charge on any atom is -0.382 e. The van der Waals surface area contributed by atoms with E-state index in [0.717, 1.165) is 51.9 Å². The Morgan fingerprint density at radius 1 is 1.32 bits per heavy atom. The fourth-order valence-electron chi connectivity index (χ4n) is 2.22. The first-order valence-electron chi connectivity index (χ1n) is 7.38. The van der Waals surface area contributed by atoms with Crippen molar-refractivity contribution in [2.45, 2.75) is 38.6 Å². The van der Waals surface area contributed by atoms with E-state index >= 15 is 0 Å². The molecule has 0 aliphatic carbocycles. The van der Waals surface area contributed by atoms with Gasteiger partial charge in [-0.3, -0.25) is 4.79 Å². The molecule has 1 saturated heterocycles. The highest BCUT2D eigenvalue weighted by atomic mass is 16.5. The number of nitrogens with zero attached hydrogens (tertiary/aromatic N) is 1. The zero-order valence-electron chi connectivity index (χ0n) is 12.3. The molecule has 0 aromatic heterocycles. The lowest BCUT2D eigenvalue weighted by Crippen LogP contribution is -2.38. The number of nitrogens with one attached hydrogen (secondary N) is 1. The van der Waals surface area contributed by atoms with Crippen LogP contribution in [0, 0.1) is 0 Å². The van der Waals surface area contributed by atoms with Crippen LogP contribution in [0.2, 0.25) is 0 Å². The standard InChI is InChI=1S/C14H28N2O3/c1-3-7-15-13-6-9-16(14(13)17)8-4-5-10-19-12-11-18-2/h13,15H,3-12H2,1-2H3. The van der Waals surface area contributed by atoms with Crippen molar-refractivity contribution in [3.8, 4) is 0 Å². The van der Waals surface area contributed by atoms with Gasteiger partial charge in [0, 0.05) is 26.8 Å². The van der Waals surface area contributed by atoms with Gasteiger partial charge in [-0.2, -0.15) is 0 Å². The zero-order chi connectivity index (χ0) is 13.9. The highest BCUT2D eigenvalue weighted by molar-refractivity contribution is 5.83. The number of unbranched alkanes of at least 4 members (excludes halogenated alkanes) is 1. The Labute approximate surface area is 116 Å². The topological polar surface area (TPSA) is 50.8 Å². The summed E-state index contributed by atoms with van der Waals surface area (Å²) in [5, 5.41) is 3.31. The highest BCUT2D eigenvalue weighted by Crippen LogP contribution is 2.12. The van der Waals surface area contributed by atoms with Crippen molar-refractivity contribution in [1.29, 1.82) is 0 Å². The molecule has 0 saturated carbocycles. The molecule has 1 aliphatic heterocycles. The summed E-state index contributed by atoms with van der Waals surface area (Å²) in [5.41, 5.74) is 0. The van der Waals surface area contributed by atoms with Crippen molar-refractivity contribution in [1.82, 2.24) is 10.2 Å². The first-order chi connectivity index (χ1) is 9.29. The van der Waals surface area contributed by atoms with Gasteiger partial charge in [-0.25, -0.2) is 0 Å². The molecule has 0 aromatic carbocycles. The van der Waals surface area contributed by atoms with E-state index in [1.807, 2.05) is 4.90 Å². The Morgan fingerprint density at radius 3 is 2.89 bits per heavy atom. The molecule has 0 radical (unpaired) electrons. The van der Waals surface area contributed by atoms with E-state index in [2.05, 4.69) is 12.2 Å². The smallest absolute Gasteiger partial charge is 0.239 e. The summed E-state index contributed by atoms with van der Waals surface area (Å²) in [5.74, 6) is 0.272. The maximum Gasteiger partial charge on any atom is 0.239 e. The second-order valence-corrected chi connectivity index (χ2v) is 4.93. The molecule has 19 heavy (non-hydrogen) atoms. The van der Waals surface area contributed by atoms with E-state index in [0.29, 0.717) is 13.2 Å². The predicted molar refractivity (Wildman–Crippen MR) is 75.2 cm³/mol. The highest BCUT2D eigenvalue weighted by Gasteiger charge is 2.30. The van der Waals surface area contributed by atoms with Gasteiger partial charge >= 0.3 is 0 Å². The first-order valence-corrected chi connectivity index (χ1v) is 7.38. The molecule has 1 amide bonds. The predicted octanol–water partition coefficient (Wildman–Crippen LogP) is 1.03. The summed E-state index contributed by atoms with van der Waals surface area (Å²) in [4.78, 5) is 14.0. The van der Waals surface area contributed by atoms with Crippen LogP contribution in [0.1, 0.15) is 32.6 Å². The zero-order valence-corrected chi connectivity index (χ0v) is 12.3. The van der Waals surface area contributed by atoms with Gasteiger partial charge in [0.15, 0.2) is 0 Å². The SMILES string of the molecule is CCCNC1CCN(CCCCOCCOC)C1=O. The third kappa shape index (κ3) is 6.36. The van der Waals surface area contributed by atoms with Crippen LogP contribution in [-0.4, -0.2) is 63.4 Å². The molecule has 1 fully saturated rings. The normalized spacial score (nSPS) is 19.4. The van der Waals surface area contributed by atoms with Gasteiger partial charge in [0.2, 0.25) is 5.91 Å². The first kappa shape index (κ1) is 16.4. The van der Waals surface area contributed by atoms with E-state index in [-0.39, 0.29) is 11.9 Å². The van der Waals surface area contributed by atoms with Crippen LogP contribution < -0.4 is 5.32 Å². The van der Waals surface area contributed by atoms with E-state index in [1.165, 1.54) is 0 Å². The van der Waals surface area contributed by atoms with Crippen LogP contribution in [0.25, 0.3) is 0 Å². The number of hydrogen-bond acceptors (Lipinski definition) is 4. The Hall–Kier alpha value is -0.650. The third-order valence-electron chi connectivity index (χ3n) is 3.34. The van der Waals surface area contributed by atoms with Gasteiger partial charge in [0.1, 0.15) is 0 Å². The van der Waals surface area contributed by atoms with Crippen molar-refractivity contribution in [3.63, 3.8) is 0 Å². The monoisotopic (exact) mass is 272 g/mol. The number of likely N-dealkylation sites (tertiary alicyclic amines) is 1. The van der Waals surface area contributed by atoms with Crippen LogP contribution >= 0.6 is 0 Å². The number of ether oxygens (including phenoxy) is 2. The van der Waals surface area contributed by atoms with Crippen molar-refractivity contribution in [3.05, 3.63) is 0 Å². The van der Waals surface area contributed by atoms with E-state index in [1.54, 1.807) is 7.11 Å². The maximum absolute atomic E-state index is 12.0. The number of rotatable bonds is 11. The molecule has 1 heterocycles. The summed E-state index contributed by atoms with van der Waals surface area (Å²) in [7, 11) is 1.67. The number of methoxy groups -OCH3 is 1. The molecule has 1 unspecified atom stereocenters. The molecule has 1 aliphatic rings. The van der Waals surface area contributed by atoms with Crippen LogP contribution in [0.3, 0.4) is 0 Å². The average Bonchev–Trinajstić information content (AvgIpc) is 2.76. The minimum absolute atomic E-state index is 0.0536. The van der Waals surface area contributed by atoms with Gasteiger partial charge in [-0.1, -0.05) is 6.92 Å². The summed E-state index contributed by atoms with van der Waals surface area (Å²) < 4.78 is 10.3. The van der Waals surface area contributed by atoms with Crippen LogP contribution in [0.4, 0.5) is 0 Å². The Balaban J connectivity index is 2.02. The molecule has 1 N–H and O–H groups in total. The lowest BCUT2D eigenvalue weighted by molar-refractivity contribution is -0.129. The summed E-state index contributed by atoms with van der Waals surface area (Å²) in [6.45, 7) is 6.85. The van der Waals surface area contributed by atoms with E-state index < -0.39 is 0 Å². The van der Waals surface area contributed by atoms with Crippen molar-refractivity contribution >= 4 is 5.91 Å². The van der Waals surface area contributed by atoms with Crippen molar-refractivity contribution in [2.24, 2.45) is 0 Å². The summed E-state index contributed by atoms with van der Waals surface area (Å²) in [6.07, 6.45) is 4.03. The lowest BCUT2D eigenvalue weighted by Gasteiger charge is -2.17. The van der Waals surface area contributed by atoms with Crippen LogP contribution in [0.15, 0.2) is 0 Å². The molecule has 5 nitrogen and oxygen atoms in total. The molecular formula is C14H28N2O3. The van der Waals surface area contributed by atoms with Gasteiger partial charge in [-0.15, -0.1) is 0 Å². The Bertz CT molecular complexity index is 249. The van der Waals surface area contributed by atoms with Gasteiger partial charge < -0.3 is 19.7 Å². The molecule has 0 spiro atoms. The fourth-order valence-corrected chi connectivity index (χ4v) is 2.22. The van der Waals surface area contributed by atoms with Gasteiger partial charge in [-0.05, 0) is 32.2 Å². The molecule has 5 heteroatoms. The van der Waals surface area contributed by atoms with E-state index in [9.17, 15) is 4.79 Å². The van der Waals surface area contributed by atoms with Crippen LogP contribution in [-0.2, 0) is 14.3 Å². The number of hydrogen-bond donors (Lipinski definition) is 1. The quantitative estimate of drug-likeness (QED) is 0.571. The second kappa shape index (κ2) is 10.2. The number of carbonyl (C=O) groups excluding carboxylic acids is 1. The number of carbonyl (C=O) groups is 1. The molecular weight excluding hydrogens is 244 g/mol. The number of amides is 1. The maximum atomic E-state index is 12.0. The molecule has 112 valence electrons.